The van der Waals surface area contributed by atoms with Crippen molar-refractivity contribution >= 4 is 22.8 Å². The number of cyclic esters (lactones) is 1. The van der Waals surface area contributed by atoms with Gasteiger partial charge in [-0.3, -0.25) is 4.79 Å². The Morgan fingerprint density at radius 1 is 1.00 bits per heavy atom. The van der Waals surface area contributed by atoms with Gasteiger partial charge in [0.2, 0.25) is 0 Å². The van der Waals surface area contributed by atoms with Crippen molar-refractivity contribution < 1.29 is 19.4 Å². The van der Waals surface area contributed by atoms with Crippen molar-refractivity contribution in [3.63, 3.8) is 0 Å². The van der Waals surface area contributed by atoms with Crippen molar-refractivity contribution in [1.82, 2.24) is 10.0 Å². The van der Waals surface area contributed by atoms with E-state index in [1.54, 1.807) is 6.92 Å². The number of amides is 2. The van der Waals surface area contributed by atoms with Crippen LogP contribution in [0.15, 0.2) is 72.8 Å². The number of benzene rings is 3. The molecule has 3 aromatic carbocycles. The highest BCUT2D eigenvalue weighted by molar-refractivity contribution is 5.93. The summed E-state index contributed by atoms with van der Waals surface area (Å²) in [5, 5.41) is 16.7. The summed E-state index contributed by atoms with van der Waals surface area (Å²) < 4.78 is 6.01. The SMILES string of the molecule is C[C@H](C(=O)N1C(=O)O[C@H](c2ccccc2)[C@H](C)N1[C@@H]1C[C@H]2CC[C@]1(C)C2(C)C)[C@H](O)c1ccc2ccccc2c1. The molecule has 2 aliphatic carbocycles. The molecule has 1 aliphatic heterocycles. The fourth-order valence-electron chi connectivity index (χ4n) is 7.86. The molecule has 1 N–H and O–H groups in total. The van der Waals surface area contributed by atoms with Crippen molar-refractivity contribution in [1.29, 1.82) is 0 Å². The van der Waals surface area contributed by atoms with Crippen LogP contribution >= 0.6 is 0 Å². The van der Waals surface area contributed by atoms with Crippen molar-refractivity contribution in [2.24, 2.45) is 22.7 Å². The van der Waals surface area contributed by atoms with Gasteiger partial charge in [-0.15, -0.1) is 0 Å². The number of aliphatic hydroxyl groups excluding tert-OH is 1. The minimum atomic E-state index is -1.07. The molecule has 3 fully saturated rings. The van der Waals surface area contributed by atoms with Gasteiger partial charge in [0.15, 0.2) is 0 Å². The summed E-state index contributed by atoms with van der Waals surface area (Å²) in [6.07, 6.45) is 0.915. The molecule has 0 unspecified atom stereocenters. The lowest BCUT2D eigenvalue weighted by atomic mass is 9.68. The highest BCUT2D eigenvalue weighted by atomic mass is 16.6. The molecule has 1 saturated heterocycles. The average Bonchev–Trinajstić information content (AvgIpc) is 3.31. The van der Waals surface area contributed by atoms with Crippen molar-refractivity contribution in [2.75, 3.05) is 0 Å². The number of hydrazine groups is 1. The summed E-state index contributed by atoms with van der Waals surface area (Å²) in [4.78, 5) is 28.0. The zero-order chi connectivity index (χ0) is 28.4. The molecular weight excluding hydrogens is 500 g/mol. The van der Waals surface area contributed by atoms with Crippen LogP contribution in [0.5, 0.6) is 0 Å². The molecule has 0 aromatic heterocycles. The largest absolute Gasteiger partial charge is 0.438 e. The Balaban J connectivity index is 1.36. The Morgan fingerprint density at radius 3 is 2.33 bits per heavy atom. The Hall–Kier alpha value is -3.22. The monoisotopic (exact) mass is 540 g/mol. The second-order valence-corrected chi connectivity index (χ2v) is 13.0. The van der Waals surface area contributed by atoms with Crippen molar-refractivity contribution in [3.05, 3.63) is 83.9 Å². The lowest BCUT2D eigenvalue weighted by Crippen LogP contribution is -2.66. The lowest BCUT2D eigenvalue weighted by molar-refractivity contribution is -0.195. The summed E-state index contributed by atoms with van der Waals surface area (Å²) >= 11 is 0. The quantitative estimate of drug-likeness (QED) is 0.376. The molecule has 7 atom stereocenters. The molecule has 3 aromatic rings. The molecule has 6 heteroatoms. The summed E-state index contributed by atoms with van der Waals surface area (Å²) in [5.41, 5.74) is 1.59. The van der Waals surface area contributed by atoms with Gasteiger partial charge in [0.1, 0.15) is 6.10 Å². The van der Waals surface area contributed by atoms with Crippen LogP contribution in [-0.4, -0.2) is 39.2 Å². The van der Waals surface area contributed by atoms with E-state index in [1.165, 1.54) is 11.4 Å². The molecule has 3 aliphatic rings. The maximum atomic E-state index is 14.2. The molecule has 2 bridgehead atoms. The third-order valence-electron chi connectivity index (χ3n) is 10.9. The number of aliphatic hydroxyl groups is 1. The summed E-state index contributed by atoms with van der Waals surface area (Å²) in [7, 11) is 0. The zero-order valence-corrected chi connectivity index (χ0v) is 24.1. The first-order valence-electron chi connectivity index (χ1n) is 14.6. The number of fused-ring (bicyclic) bond motifs is 3. The van der Waals surface area contributed by atoms with Crippen LogP contribution < -0.4 is 0 Å². The molecule has 6 nitrogen and oxygen atoms in total. The molecule has 2 saturated carbocycles. The van der Waals surface area contributed by atoms with Crippen LogP contribution in [-0.2, 0) is 9.53 Å². The first kappa shape index (κ1) is 27.0. The first-order chi connectivity index (χ1) is 19.0. The van der Waals surface area contributed by atoms with Crippen LogP contribution in [0, 0.1) is 22.7 Å². The van der Waals surface area contributed by atoms with E-state index in [-0.39, 0.29) is 22.9 Å². The van der Waals surface area contributed by atoms with Gasteiger partial charge in [0.05, 0.1) is 18.1 Å². The summed E-state index contributed by atoms with van der Waals surface area (Å²) in [6.45, 7) is 10.8. The predicted octanol–water partition coefficient (Wildman–Crippen LogP) is 7.05. The zero-order valence-electron chi connectivity index (χ0n) is 24.1. The maximum Gasteiger partial charge on any atom is 0.432 e. The van der Waals surface area contributed by atoms with E-state index >= 15 is 0 Å². The van der Waals surface area contributed by atoms with E-state index < -0.39 is 30.1 Å². The van der Waals surface area contributed by atoms with Gasteiger partial charge in [0, 0.05) is 6.04 Å². The van der Waals surface area contributed by atoms with Gasteiger partial charge in [-0.1, -0.05) is 94.4 Å². The van der Waals surface area contributed by atoms with Crippen molar-refractivity contribution in [2.45, 2.75) is 78.2 Å². The number of carbonyl (C=O) groups excluding carboxylic acids is 2. The molecule has 0 spiro atoms. The van der Waals surface area contributed by atoms with E-state index in [9.17, 15) is 14.7 Å². The van der Waals surface area contributed by atoms with Gasteiger partial charge >= 0.3 is 6.09 Å². The van der Waals surface area contributed by atoms with Crippen LogP contribution in [0.1, 0.15) is 77.2 Å². The fraction of sp³-hybridized carbons (Fsp3) is 0.471. The number of nitrogens with zero attached hydrogens (tertiary/aromatic N) is 2. The Morgan fingerprint density at radius 2 is 1.68 bits per heavy atom. The molecule has 210 valence electrons. The van der Waals surface area contributed by atoms with Gasteiger partial charge in [0.25, 0.3) is 5.91 Å². The summed E-state index contributed by atoms with van der Waals surface area (Å²) in [5.74, 6) is -0.760. The highest BCUT2D eigenvalue weighted by Gasteiger charge is 2.65. The normalized spacial score (nSPS) is 31.2. The summed E-state index contributed by atoms with van der Waals surface area (Å²) in [6, 6.07) is 23.2. The number of rotatable bonds is 5. The second kappa shape index (κ2) is 9.71. The highest BCUT2D eigenvalue weighted by Crippen LogP contribution is 2.67. The first-order valence-corrected chi connectivity index (χ1v) is 14.6. The van der Waals surface area contributed by atoms with Gasteiger partial charge < -0.3 is 9.84 Å². The lowest BCUT2D eigenvalue weighted by Gasteiger charge is -2.53. The molecule has 6 rings (SSSR count). The van der Waals surface area contributed by atoms with Gasteiger partial charge in [-0.2, -0.15) is 10.0 Å². The molecule has 0 radical (unpaired) electrons. The standard InChI is InChI=1S/C34H40N2O4/c1-21(29(37)26-16-15-23-11-9-10-14-25(23)19-26)31(38)36-32(39)40-30(24-12-7-6-8-13-24)22(2)35(36)28-20-27-17-18-34(28,5)33(27,3)4/h6-16,19,21-22,27-30,37H,17-18,20H2,1-5H3/t21-,22-,27+,28+,29-,30-,34-/m0/s1. The number of carbonyl (C=O) groups is 2. The van der Waals surface area contributed by atoms with E-state index in [4.69, 9.17) is 4.74 Å². The number of ether oxygens (including phenoxy) is 1. The smallest absolute Gasteiger partial charge is 0.432 e. The van der Waals surface area contributed by atoms with E-state index in [2.05, 4.69) is 27.7 Å². The fourth-order valence-corrected chi connectivity index (χ4v) is 7.86. The average molecular weight is 541 g/mol. The number of imide groups is 1. The third-order valence-corrected chi connectivity index (χ3v) is 10.9. The number of hydrogen-bond donors (Lipinski definition) is 1. The Kier molecular flexibility index (Phi) is 6.54. The Bertz CT molecular complexity index is 1440. The van der Waals surface area contributed by atoms with E-state index in [0.29, 0.717) is 11.5 Å². The van der Waals surface area contributed by atoms with Gasteiger partial charge in [-0.05, 0) is 70.9 Å². The topological polar surface area (TPSA) is 70.1 Å². The maximum absolute atomic E-state index is 14.2. The minimum absolute atomic E-state index is 0.00396. The van der Waals surface area contributed by atoms with Crippen molar-refractivity contribution in [3.8, 4) is 0 Å². The minimum Gasteiger partial charge on any atom is -0.438 e. The van der Waals surface area contributed by atoms with Gasteiger partial charge in [-0.25, -0.2) is 4.79 Å². The van der Waals surface area contributed by atoms with E-state index in [1.807, 2.05) is 77.8 Å². The van der Waals surface area contributed by atoms with Crippen LogP contribution in [0.4, 0.5) is 4.79 Å². The molecular formula is C34H40N2O4. The molecule has 40 heavy (non-hydrogen) atoms. The second-order valence-electron chi connectivity index (χ2n) is 13.0. The Labute approximate surface area is 236 Å². The van der Waals surface area contributed by atoms with Crippen LogP contribution in [0.25, 0.3) is 10.8 Å². The third kappa shape index (κ3) is 3.99. The molecule has 1 heterocycles. The van der Waals surface area contributed by atoms with E-state index in [0.717, 1.165) is 29.2 Å². The number of hydrogen-bond acceptors (Lipinski definition) is 5. The molecule has 2 amide bonds. The predicted molar refractivity (Wildman–Crippen MR) is 155 cm³/mol. The van der Waals surface area contributed by atoms with Crippen LogP contribution in [0.2, 0.25) is 0 Å². The van der Waals surface area contributed by atoms with Crippen LogP contribution in [0.3, 0.4) is 0 Å².